The molecule has 0 aromatic heterocycles. The van der Waals surface area contributed by atoms with Crippen molar-refractivity contribution in [3.8, 4) is 0 Å². The zero-order valence-corrected chi connectivity index (χ0v) is 12.8. The molecule has 0 N–H and O–H groups in total. The van der Waals surface area contributed by atoms with Crippen LogP contribution in [0, 0.1) is 5.92 Å². The van der Waals surface area contributed by atoms with Crippen LogP contribution in [0.25, 0.3) is 0 Å². The van der Waals surface area contributed by atoms with Gasteiger partial charge in [0.2, 0.25) is 0 Å². The predicted octanol–water partition coefficient (Wildman–Crippen LogP) is 1.25. The number of piperazine rings is 1. The molecule has 17 heavy (non-hydrogen) atoms. The van der Waals surface area contributed by atoms with Gasteiger partial charge >= 0.3 is 5.97 Å². The third-order valence-electron chi connectivity index (χ3n) is 3.46. The third kappa shape index (κ3) is 4.41. The van der Waals surface area contributed by atoms with E-state index >= 15 is 0 Å². The first kappa shape index (κ1) is 14.7. The zero-order valence-electron chi connectivity index (χ0n) is 11.8. The summed E-state index contributed by atoms with van der Waals surface area (Å²) in [6, 6.07) is 0. The lowest BCUT2D eigenvalue weighted by molar-refractivity contribution is -0.145. The fourth-order valence-electron chi connectivity index (χ4n) is 2.26. The molecule has 1 unspecified atom stereocenters. The molecule has 1 saturated heterocycles. The summed E-state index contributed by atoms with van der Waals surface area (Å²) in [5.74, 6) is -0.115. The van der Waals surface area contributed by atoms with Crippen molar-refractivity contribution in [2.75, 3.05) is 39.8 Å². The molecular weight excluding hydrogens is 232 g/mol. The molecule has 0 spiro atoms. The molecule has 1 fully saturated rings. The second-order valence-electron chi connectivity index (χ2n) is 5.88. The van der Waals surface area contributed by atoms with E-state index in [-0.39, 0.29) is 11.9 Å². The lowest BCUT2D eigenvalue weighted by atomic mass is 10.1. The van der Waals surface area contributed by atoms with E-state index < -0.39 is 8.24 Å². The average Bonchev–Trinajstić information content (AvgIpc) is 2.27. The van der Waals surface area contributed by atoms with Crippen LogP contribution < -0.4 is 0 Å². The van der Waals surface area contributed by atoms with Crippen LogP contribution in [-0.2, 0) is 9.53 Å². The molecule has 1 rings (SSSR count). The van der Waals surface area contributed by atoms with E-state index in [1.165, 1.54) is 7.11 Å². The summed E-state index contributed by atoms with van der Waals surface area (Å²) in [6.45, 7) is 14.4. The number of hydrogen-bond donors (Lipinski definition) is 0. The first-order valence-corrected chi connectivity index (χ1v) is 9.84. The Morgan fingerprint density at radius 3 is 2.18 bits per heavy atom. The van der Waals surface area contributed by atoms with E-state index in [4.69, 9.17) is 4.74 Å². The summed E-state index contributed by atoms with van der Waals surface area (Å²) in [5, 5.41) is 0. The van der Waals surface area contributed by atoms with Gasteiger partial charge in [0, 0.05) is 32.7 Å². The molecular formula is C12H26N2O2Si. The van der Waals surface area contributed by atoms with E-state index in [1.807, 2.05) is 6.92 Å². The Morgan fingerprint density at radius 1 is 1.24 bits per heavy atom. The van der Waals surface area contributed by atoms with Gasteiger partial charge in [-0.15, -0.1) is 0 Å². The lowest BCUT2D eigenvalue weighted by Crippen LogP contribution is -2.56. The number of esters is 1. The maximum Gasteiger partial charge on any atom is 0.309 e. The minimum atomic E-state index is -1.14. The molecule has 0 saturated carbocycles. The molecule has 0 amide bonds. The van der Waals surface area contributed by atoms with E-state index in [9.17, 15) is 4.79 Å². The molecule has 0 aromatic rings. The van der Waals surface area contributed by atoms with Gasteiger partial charge in [-0.3, -0.25) is 4.79 Å². The monoisotopic (exact) mass is 258 g/mol. The Morgan fingerprint density at radius 2 is 1.76 bits per heavy atom. The van der Waals surface area contributed by atoms with Crippen LogP contribution in [0.3, 0.4) is 0 Å². The molecule has 0 aromatic carbocycles. The van der Waals surface area contributed by atoms with Gasteiger partial charge in [-0.2, -0.15) is 0 Å². The third-order valence-corrected chi connectivity index (χ3v) is 5.80. The second-order valence-corrected chi connectivity index (χ2v) is 10.9. The van der Waals surface area contributed by atoms with Crippen molar-refractivity contribution in [2.45, 2.75) is 26.6 Å². The molecule has 0 radical (unpaired) electrons. The highest BCUT2D eigenvalue weighted by atomic mass is 28.3. The summed E-state index contributed by atoms with van der Waals surface area (Å²) in [4.78, 5) is 13.7. The maximum absolute atomic E-state index is 11.4. The Hall–Kier alpha value is -0.393. The first-order valence-electron chi connectivity index (χ1n) is 6.40. The first-order chi connectivity index (χ1) is 7.84. The zero-order chi connectivity index (χ0) is 13.1. The molecule has 0 aliphatic carbocycles. The molecule has 1 atom stereocenters. The largest absolute Gasteiger partial charge is 0.469 e. The van der Waals surface area contributed by atoms with Crippen molar-refractivity contribution in [1.29, 1.82) is 0 Å². The van der Waals surface area contributed by atoms with Gasteiger partial charge in [-0.25, -0.2) is 0 Å². The van der Waals surface area contributed by atoms with Gasteiger partial charge in [0.05, 0.1) is 13.0 Å². The molecule has 5 heteroatoms. The number of carbonyl (C=O) groups is 1. The Bertz CT molecular complexity index is 258. The van der Waals surface area contributed by atoms with Crippen molar-refractivity contribution in [1.82, 2.24) is 9.47 Å². The van der Waals surface area contributed by atoms with Crippen LogP contribution in [0.1, 0.15) is 6.92 Å². The maximum atomic E-state index is 11.4. The summed E-state index contributed by atoms with van der Waals surface area (Å²) >= 11 is 0. The van der Waals surface area contributed by atoms with Crippen LogP contribution in [0.2, 0.25) is 19.6 Å². The van der Waals surface area contributed by atoms with E-state index in [0.29, 0.717) is 0 Å². The Kier molecular flexibility index (Phi) is 5.16. The van der Waals surface area contributed by atoms with Gasteiger partial charge in [0.25, 0.3) is 0 Å². The van der Waals surface area contributed by atoms with Gasteiger partial charge in [-0.05, 0) is 0 Å². The van der Waals surface area contributed by atoms with Gasteiger partial charge < -0.3 is 14.2 Å². The molecule has 0 bridgehead atoms. The van der Waals surface area contributed by atoms with Crippen LogP contribution in [0.5, 0.6) is 0 Å². The van der Waals surface area contributed by atoms with Crippen LogP contribution >= 0.6 is 0 Å². The van der Waals surface area contributed by atoms with E-state index in [0.717, 1.165) is 32.7 Å². The average molecular weight is 258 g/mol. The number of ether oxygens (including phenoxy) is 1. The summed E-state index contributed by atoms with van der Waals surface area (Å²) in [6.07, 6.45) is 0. The number of carbonyl (C=O) groups excluding carboxylic acids is 1. The Balaban J connectivity index is 2.35. The number of methoxy groups -OCH3 is 1. The highest BCUT2D eigenvalue weighted by Crippen LogP contribution is 2.14. The lowest BCUT2D eigenvalue weighted by Gasteiger charge is -2.41. The fraction of sp³-hybridized carbons (Fsp3) is 0.917. The predicted molar refractivity (Wildman–Crippen MR) is 72.5 cm³/mol. The van der Waals surface area contributed by atoms with Crippen LogP contribution in [-0.4, -0.2) is 63.5 Å². The standard InChI is InChI=1S/C12H26N2O2Si/c1-11(12(15)16-2)10-13-6-8-14(9-7-13)17(3,4)5/h11H,6-10H2,1-5H3. The topological polar surface area (TPSA) is 32.8 Å². The highest BCUT2D eigenvalue weighted by Gasteiger charge is 2.28. The SMILES string of the molecule is COC(=O)C(C)CN1CCN([Si](C)(C)C)CC1. The minimum Gasteiger partial charge on any atom is -0.469 e. The van der Waals surface area contributed by atoms with Crippen molar-refractivity contribution >= 4 is 14.2 Å². The Labute approximate surface area is 106 Å². The minimum absolute atomic E-state index is 0.0153. The van der Waals surface area contributed by atoms with E-state index in [2.05, 4.69) is 29.1 Å². The number of rotatable bonds is 4. The molecule has 1 heterocycles. The molecule has 1 aliphatic heterocycles. The summed E-state index contributed by atoms with van der Waals surface area (Å²) < 4.78 is 7.39. The highest BCUT2D eigenvalue weighted by molar-refractivity contribution is 6.73. The number of hydrogen-bond acceptors (Lipinski definition) is 4. The van der Waals surface area contributed by atoms with Crippen molar-refractivity contribution in [3.05, 3.63) is 0 Å². The molecule has 100 valence electrons. The summed E-state index contributed by atoms with van der Waals surface area (Å²) in [7, 11) is 0.321. The van der Waals surface area contributed by atoms with Gasteiger partial charge in [0.15, 0.2) is 0 Å². The van der Waals surface area contributed by atoms with Crippen LogP contribution in [0.15, 0.2) is 0 Å². The van der Waals surface area contributed by atoms with Crippen molar-refractivity contribution in [3.63, 3.8) is 0 Å². The number of nitrogens with zero attached hydrogens (tertiary/aromatic N) is 2. The summed E-state index contributed by atoms with van der Waals surface area (Å²) in [5.41, 5.74) is 0. The van der Waals surface area contributed by atoms with Crippen molar-refractivity contribution in [2.24, 2.45) is 5.92 Å². The van der Waals surface area contributed by atoms with Gasteiger partial charge in [-0.1, -0.05) is 26.6 Å². The second kappa shape index (κ2) is 5.98. The van der Waals surface area contributed by atoms with Crippen LogP contribution in [0.4, 0.5) is 0 Å². The normalized spacial score (nSPS) is 21.2. The quantitative estimate of drug-likeness (QED) is 0.561. The molecule has 4 nitrogen and oxygen atoms in total. The van der Waals surface area contributed by atoms with E-state index in [1.54, 1.807) is 0 Å². The molecule has 1 aliphatic rings. The fourth-order valence-corrected chi connectivity index (χ4v) is 3.81. The smallest absolute Gasteiger partial charge is 0.309 e. The van der Waals surface area contributed by atoms with Gasteiger partial charge in [0.1, 0.15) is 8.24 Å². The van der Waals surface area contributed by atoms with Crippen molar-refractivity contribution < 1.29 is 9.53 Å².